The second kappa shape index (κ2) is 6.71. The molecule has 0 saturated heterocycles. The second-order valence-corrected chi connectivity index (χ2v) is 5.79. The maximum atomic E-state index is 5.31. The van der Waals surface area contributed by atoms with Crippen molar-refractivity contribution in [3.05, 3.63) is 22.8 Å². The molecule has 7 heteroatoms. The number of methoxy groups -OCH3 is 1. The molecule has 0 aliphatic rings. The lowest BCUT2D eigenvalue weighted by atomic mass is 10.3. The molecule has 0 aromatic carbocycles. The molecule has 0 aliphatic heterocycles. The van der Waals surface area contributed by atoms with Crippen LogP contribution in [0.1, 0.15) is 10.6 Å². The Labute approximate surface area is 123 Å². The summed E-state index contributed by atoms with van der Waals surface area (Å²) in [7, 11) is 7.56. The molecule has 2 rings (SSSR count). The van der Waals surface area contributed by atoms with E-state index in [-0.39, 0.29) is 0 Å². The molecule has 0 amide bonds. The Kier molecular flexibility index (Phi) is 4.97. The first-order valence-corrected chi connectivity index (χ1v) is 7.32. The van der Waals surface area contributed by atoms with E-state index < -0.39 is 0 Å². The zero-order chi connectivity index (χ0) is 14.5. The Morgan fingerprint density at radius 2 is 2.25 bits per heavy atom. The highest BCUT2D eigenvalue weighted by Gasteiger charge is 2.12. The van der Waals surface area contributed by atoms with Crippen LogP contribution in [0.3, 0.4) is 0 Å². The summed E-state index contributed by atoms with van der Waals surface area (Å²) in [6.45, 7) is 1.65. The summed E-state index contributed by atoms with van der Waals surface area (Å²) in [5.41, 5.74) is 1.10. The fourth-order valence-electron chi connectivity index (χ4n) is 1.80. The summed E-state index contributed by atoms with van der Waals surface area (Å²) in [6, 6.07) is 2.04. The van der Waals surface area contributed by atoms with E-state index in [1.54, 1.807) is 18.4 Å². The molecule has 2 aromatic heterocycles. The molecule has 1 N–H and O–H groups in total. The molecule has 2 heterocycles. The predicted octanol–water partition coefficient (Wildman–Crippen LogP) is 1.28. The van der Waals surface area contributed by atoms with Crippen molar-refractivity contribution >= 4 is 16.5 Å². The van der Waals surface area contributed by atoms with Gasteiger partial charge >= 0.3 is 0 Å². The molecule has 0 saturated carbocycles. The third kappa shape index (κ3) is 3.71. The number of hydrogen-bond acceptors (Lipinski definition) is 6. The minimum Gasteiger partial charge on any atom is -0.480 e. The van der Waals surface area contributed by atoms with Gasteiger partial charge in [-0.2, -0.15) is 10.1 Å². The summed E-state index contributed by atoms with van der Waals surface area (Å²) in [4.78, 5) is 7.55. The standard InChI is InChI=1S/C13H21N5OS/c1-17(2)13-15-12(19-4)11(20-13)9-14-7-5-10-6-8-18(3)16-10/h6,8,14H,5,7,9H2,1-4H3. The van der Waals surface area contributed by atoms with Gasteiger partial charge in [0.2, 0.25) is 5.88 Å². The normalized spacial score (nSPS) is 10.8. The second-order valence-electron chi connectivity index (χ2n) is 4.73. The first-order valence-electron chi connectivity index (χ1n) is 6.50. The summed E-state index contributed by atoms with van der Waals surface area (Å²) < 4.78 is 7.14. The quantitative estimate of drug-likeness (QED) is 0.780. The van der Waals surface area contributed by atoms with E-state index in [2.05, 4.69) is 15.4 Å². The van der Waals surface area contributed by atoms with Crippen LogP contribution < -0.4 is 15.0 Å². The Morgan fingerprint density at radius 1 is 1.45 bits per heavy atom. The fourth-order valence-corrected chi connectivity index (χ4v) is 2.73. The van der Waals surface area contributed by atoms with E-state index in [0.717, 1.165) is 35.2 Å². The highest BCUT2D eigenvalue weighted by molar-refractivity contribution is 7.15. The first-order chi connectivity index (χ1) is 9.60. The van der Waals surface area contributed by atoms with E-state index in [1.165, 1.54) is 0 Å². The highest BCUT2D eigenvalue weighted by atomic mass is 32.1. The molecule has 0 spiro atoms. The first kappa shape index (κ1) is 14.8. The highest BCUT2D eigenvalue weighted by Crippen LogP contribution is 2.30. The molecule has 110 valence electrons. The molecule has 0 unspecified atom stereocenters. The van der Waals surface area contributed by atoms with E-state index in [4.69, 9.17) is 4.74 Å². The van der Waals surface area contributed by atoms with Gasteiger partial charge in [-0.05, 0) is 6.07 Å². The van der Waals surface area contributed by atoms with Gasteiger partial charge in [-0.15, -0.1) is 0 Å². The average Bonchev–Trinajstić information content (AvgIpc) is 3.01. The molecule has 0 aliphatic carbocycles. The topological polar surface area (TPSA) is 55.2 Å². The number of nitrogens with one attached hydrogen (secondary N) is 1. The van der Waals surface area contributed by atoms with Gasteiger partial charge in [0.1, 0.15) is 0 Å². The van der Waals surface area contributed by atoms with Gasteiger partial charge in [0.25, 0.3) is 0 Å². The van der Waals surface area contributed by atoms with Gasteiger partial charge in [0.05, 0.1) is 17.7 Å². The van der Waals surface area contributed by atoms with Crippen molar-refractivity contribution in [1.29, 1.82) is 0 Å². The van der Waals surface area contributed by atoms with E-state index >= 15 is 0 Å². The number of rotatable bonds is 7. The van der Waals surface area contributed by atoms with Crippen molar-refractivity contribution in [3.63, 3.8) is 0 Å². The van der Waals surface area contributed by atoms with Gasteiger partial charge in [-0.3, -0.25) is 4.68 Å². The Balaban J connectivity index is 1.84. The lowest BCUT2D eigenvalue weighted by molar-refractivity contribution is 0.395. The molecule has 0 fully saturated rings. The molecule has 20 heavy (non-hydrogen) atoms. The third-order valence-electron chi connectivity index (χ3n) is 2.84. The van der Waals surface area contributed by atoms with Crippen LogP contribution in [0, 0.1) is 0 Å². The number of nitrogens with zero attached hydrogens (tertiary/aromatic N) is 4. The fraction of sp³-hybridized carbons (Fsp3) is 0.538. The Hall–Kier alpha value is -1.60. The molecule has 6 nitrogen and oxygen atoms in total. The summed E-state index contributed by atoms with van der Waals surface area (Å²) >= 11 is 1.65. The van der Waals surface area contributed by atoms with E-state index in [1.807, 2.05) is 43.0 Å². The molecule has 2 aromatic rings. The van der Waals surface area contributed by atoms with Crippen LogP contribution in [-0.4, -0.2) is 42.5 Å². The van der Waals surface area contributed by atoms with Gasteiger partial charge in [0.15, 0.2) is 5.13 Å². The van der Waals surface area contributed by atoms with Crippen LogP contribution >= 0.6 is 11.3 Å². The minimum absolute atomic E-state index is 0.712. The maximum absolute atomic E-state index is 5.31. The monoisotopic (exact) mass is 295 g/mol. The van der Waals surface area contributed by atoms with E-state index in [0.29, 0.717) is 5.88 Å². The maximum Gasteiger partial charge on any atom is 0.230 e. The lowest BCUT2D eigenvalue weighted by Gasteiger charge is -2.05. The summed E-state index contributed by atoms with van der Waals surface area (Å²) in [6.07, 6.45) is 2.88. The zero-order valence-corrected chi connectivity index (χ0v) is 13.2. The van der Waals surface area contributed by atoms with Crippen molar-refractivity contribution in [2.75, 3.05) is 32.6 Å². The lowest BCUT2D eigenvalue weighted by Crippen LogP contribution is -2.16. The summed E-state index contributed by atoms with van der Waals surface area (Å²) in [5, 5.41) is 8.72. The molecular formula is C13H21N5OS. The molecular weight excluding hydrogens is 274 g/mol. The van der Waals surface area contributed by atoms with Gasteiger partial charge in [-0.1, -0.05) is 11.3 Å². The van der Waals surface area contributed by atoms with Crippen molar-refractivity contribution in [2.24, 2.45) is 7.05 Å². The van der Waals surface area contributed by atoms with Crippen LogP contribution in [0.5, 0.6) is 5.88 Å². The molecule has 0 bridgehead atoms. The van der Waals surface area contributed by atoms with Crippen LogP contribution in [0.15, 0.2) is 12.3 Å². The number of thiazole rings is 1. The number of hydrogen-bond donors (Lipinski definition) is 1. The smallest absolute Gasteiger partial charge is 0.230 e. The summed E-state index contributed by atoms with van der Waals surface area (Å²) in [5.74, 6) is 0.712. The van der Waals surface area contributed by atoms with Crippen molar-refractivity contribution < 1.29 is 4.74 Å². The third-order valence-corrected chi connectivity index (χ3v) is 4.04. The zero-order valence-electron chi connectivity index (χ0n) is 12.4. The number of ether oxygens (including phenoxy) is 1. The Bertz CT molecular complexity index is 549. The molecule has 0 atom stereocenters. The van der Waals surface area contributed by atoms with E-state index in [9.17, 15) is 0 Å². The number of aromatic nitrogens is 3. The predicted molar refractivity (Wildman–Crippen MR) is 81.6 cm³/mol. The number of aryl methyl sites for hydroxylation is 1. The van der Waals surface area contributed by atoms with Crippen LogP contribution in [-0.2, 0) is 20.0 Å². The average molecular weight is 295 g/mol. The Morgan fingerprint density at radius 3 is 2.85 bits per heavy atom. The minimum atomic E-state index is 0.712. The van der Waals surface area contributed by atoms with Crippen molar-refractivity contribution in [2.45, 2.75) is 13.0 Å². The SMILES string of the molecule is COc1nc(N(C)C)sc1CNCCc1ccn(C)n1. The van der Waals surface area contributed by atoms with Gasteiger partial charge < -0.3 is 15.0 Å². The van der Waals surface area contributed by atoms with Gasteiger partial charge in [-0.25, -0.2) is 0 Å². The van der Waals surface area contributed by atoms with Gasteiger partial charge in [0, 0.05) is 46.9 Å². The molecule has 0 radical (unpaired) electrons. The van der Waals surface area contributed by atoms with Crippen LogP contribution in [0.2, 0.25) is 0 Å². The number of anilines is 1. The van der Waals surface area contributed by atoms with Crippen molar-refractivity contribution in [1.82, 2.24) is 20.1 Å². The van der Waals surface area contributed by atoms with Crippen LogP contribution in [0.25, 0.3) is 0 Å². The van der Waals surface area contributed by atoms with Crippen LogP contribution in [0.4, 0.5) is 5.13 Å². The van der Waals surface area contributed by atoms with Crippen molar-refractivity contribution in [3.8, 4) is 5.88 Å². The largest absolute Gasteiger partial charge is 0.480 e.